The zero-order valence-electron chi connectivity index (χ0n) is 12.7. The van der Waals surface area contributed by atoms with Crippen LogP contribution in [0.3, 0.4) is 0 Å². The summed E-state index contributed by atoms with van der Waals surface area (Å²) in [4.78, 5) is 9.64. The van der Waals surface area contributed by atoms with E-state index < -0.39 is 17.6 Å². The Morgan fingerprint density at radius 2 is 1.92 bits per heavy atom. The molecular weight excluding hydrogens is 324 g/mol. The van der Waals surface area contributed by atoms with Gasteiger partial charge in [0, 0.05) is 38.1 Å². The van der Waals surface area contributed by atoms with E-state index >= 15 is 0 Å². The minimum Gasteiger partial charge on any atom is -0.353 e. The molecule has 0 aromatic carbocycles. The summed E-state index contributed by atoms with van der Waals surface area (Å²) in [6.45, 7) is 1.10. The number of rotatable bonds is 4. The third-order valence-corrected chi connectivity index (χ3v) is 3.98. The Labute approximate surface area is 136 Å². The number of aromatic nitrogens is 2. The van der Waals surface area contributed by atoms with Gasteiger partial charge in [-0.3, -0.25) is 4.98 Å². The Bertz CT molecular complexity index is 704. The molecule has 1 aliphatic heterocycles. The van der Waals surface area contributed by atoms with Gasteiger partial charge in [-0.05, 0) is 30.7 Å². The number of alkyl halides is 3. The van der Waals surface area contributed by atoms with E-state index in [-0.39, 0.29) is 24.1 Å². The molecule has 1 saturated heterocycles. The predicted octanol–water partition coefficient (Wildman–Crippen LogP) is 3.00. The molecule has 0 unspecified atom stereocenters. The number of halogens is 4. The average Bonchev–Trinajstić information content (AvgIpc) is 3.01. The van der Waals surface area contributed by atoms with Crippen LogP contribution in [0.5, 0.6) is 0 Å². The van der Waals surface area contributed by atoms with Crippen molar-refractivity contribution in [3.63, 3.8) is 0 Å². The quantitative estimate of drug-likeness (QED) is 0.869. The van der Waals surface area contributed by atoms with Crippen molar-refractivity contribution >= 4 is 5.82 Å². The second kappa shape index (κ2) is 6.72. The number of nitrogens with zero attached hydrogens (tertiary/aromatic N) is 3. The van der Waals surface area contributed by atoms with Crippen LogP contribution < -0.4 is 10.2 Å². The lowest BCUT2D eigenvalue weighted by molar-refractivity contribution is -0.138. The van der Waals surface area contributed by atoms with E-state index in [4.69, 9.17) is 0 Å². The molecule has 0 spiro atoms. The summed E-state index contributed by atoms with van der Waals surface area (Å²) in [5.74, 6) is -0.127. The fourth-order valence-corrected chi connectivity index (χ4v) is 2.81. The highest BCUT2D eigenvalue weighted by atomic mass is 19.4. The first-order valence-electron chi connectivity index (χ1n) is 7.55. The number of hydrogen-bond acceptors (Lipinski definition) is 4. The lowest BCUT2D eigenvalue weighted by atomic mass is 10.1. The Morgan fingerprint density at radius 1 is 1.17 bits per heavy atom. The molecule has 3 rings (SSSR count). The van der Waals surface area contributed by atoms with Crippen molar-refractivity contribution in [2.75, 3.05) is 18.0 Å². The van der Waals surface area contributed by atoms with Gasteiger partial charge in [0.1, 0.15) is 0 Å². The fraction of sp³-hybridized carbons (Fsp3) is 0.375. The molecule has 128 valence electrons. The van der Waals surface area contributed by atoms with Gasteiger partial charge in [-0.1, -0.05) is 0 Å². The van der Waals surface area contributed by atoms with E-state index in [1.807, 2.05) is 0 Å². The minimum absolute atomic E-state index is 0.0128. The molecule has 0 radical (unpaired) electrons. The number of anilines is 1. The molecule has 1 aliphatic rings. The van der Waals surface area contributed by atoms with E-state index in [2.05, 4.69) is 15.3 Å². The van der Waals surface area contributed by atoms with Gasteiger partial charge in [0.05, 0.1) is 11.3 Å². The lowest BCUT2D eigenvalue weighted by Crippen LogP contribution is -2.33. The first kappa shape index (κ1) is 16.6. The smallest absolute Gasteiger partial charge is 0.353 e. The van der Waals surface area contributed by atoms with Crippen LogP contribution in [0.25, 0.3) is 0 Å². The maximum atomic E-state index is 13.7. The third kappa shape index (κ3) is 3.64. The molecule has 3 heterocycles. The fourth-order valence-electron chi connectivity index (χ4n) is 2.81. The van der Waals surface area contributed by atoms with Gasteiger partial charge in [-0.2, -0.15) is 13.2 Å². The molecule has 0 saturated carbocycles. The van der Waals surface area contributed by atoms with Crippen LogP contribution in [0, 0.1) is 5.82 Å². The molecular formula is C16H16F4N4. The largest absolute Gasteiger partial charge is 0.418 e. The highest BCUT2D eigenvalue weighted by molar-refractivity contribution is 5.41. The van der Waals surface area contributed by atoms with E-state index in [9.17, 15) is 17.6 Å². The number of pyridine rings is 2. The van der Waals surface area contributed by atoms with Gasteiger partial charge in [0.25, 0.3) is 0 Å². The van der Waals surface area contributed by atoms with Crippen LogP contribution in [-0.4, -0.2) is 29.1 Å². The van der Waals surface area contributed by atoms with Crippen LogP contribution >= 0.6 is 0 Å². The van der Waals surface area contributed by atoms with Crippen molar-refractivity contribution in [1.29, 1.82) is 0 Å². The summed E-state index contributed by atoms with van der Waals surface area (Å²) >= 11 is 0. The molecule has 2 aromatic heterocycles. The Morgan fingerprint density at radius 3 is 2.67 bits per heavy atom. The molecule has 2 aromatic rings. The van der Waals surface area contributed by atoms with Crippen LogP contribution in [0.4, 0.5) is 23.4 Å². The summed E-state index contributed by atoms with van der Waals surface area (Å²) in [5.41, 5.74) is -0.768. The summed E-state index contributed by atoms with van der Waals surface area (Å²) in [7, 11) is 0. The molecule has 1 fully saturated rings. The lowest BCUT2D eigenvalue weighted by Gasteiger charge is -2.19. The molecule has 1 atom stereocenters. The second-order valence-corrected chi connectivity index (χ2v) is 5.62. The Kier molecular flexibility index (Phi) is 4.66. The van der Waals surface area contributed by atoms with Crippen molar-refractivity contribution in [3.8, 4) is 0 Å². The van der Waals surface area contributed by atoms with Gasteiger partial charge in [-0.25, -0.2) is 9.37 Å². The zero-order chi connectivity index (χ0) is 17.2. The van der Waals surface area contributed by atoms with E-state index in [0.29, 0.717) is 19.5 Å². The van der Waals surface area contributed by atoms with Gasteiger partial charge in [0.2, 0.25) is 0 Å². The molecule has 1 N–H and O–H groups in total. The second-order valence-electron chi connectivity index (χ2n) is 5.62. The van der Waals surface area contributed by atoms with E-state index in [1.54, 1.807) is 4.90 Å². The van der Waals surface area contributed by atoms with Gasteiger partial charge < -0.3 is 10.2 Å². The maximum absolute atomic E-state index is 13.7. The standard InChI is InChI=1S/C16H16F4N4/c17-13-4-2-7-22-15(13)24-8-5-11(10-24)23-9-14-12(16(18,19)20)3-1-6-21-14/h1-4,6-7,11,23H,5,8-10H2/t11-/m0/s1. The predicted molar refractivity (Wildman–Crippen MR) is 80.9 cm³/mol. The Balaban J connectivity index is 1.63. The summed E-state index contributed by atoms with van der Waals surface area (Å²) in [5, 5.41) is 3.08. The van der Waals surface area contributed by atoms with Crippen molar-refractivity contribution in [1.82, 2.24) is 15.3 Å². The monoisotopic (exact) mass is 340 g/mol. The van der Waals surface area contributed by atoms with Crippen LogP contribution in [0.2, 0.25) is 0 Å². The number of hydrogen-bond donors (Lipinski definition) is 1. The first-order valence-corrected chi connectivity index (χ1v) is 7.55. The van der Waals surface area contributed by atoms with Gasteiger partial charge >= 0.3 is 6.18 Å². The normalized spacial score (nSPS) is 18.2. The van der Waals surface area contributed by atoms with Gasteiger partial charge in [-0.15, -0.1) is 0 Å². The van der Waals surface area contributed by atoms with E-state index in [0.717, 1.165) is 6.07 Å². The zero-order valence-corrected chi connectivity index (χ0v) is 12.7. The highest BCUT2D eigenvalue weighted by Gasteiger charge is 2.34. The molecule has 8 heteroatoms. The summed E-state index contributed by atoms with van der Waals surface area (Å²) in [6, 6.07) is 5.10. The average molecular weight is 340 g/mol. The van der Waals surface area contributed by atoms with Crippen LogP contribution in [0.15, 0.2) is 36.7 Å². The van der Waals surface area contributed by atoms with E-state index in [1.165, 1.54) is 30.6 Å². The SMILES string of the molecule is Fc1cccnc1N1CC[C@H](NCc2ncccc2C(F)(F)F)C1. The van der Waals surface area contributed by atoms with Crippen molar-refractivity contribution in [2.24, 2.45) is 0 Å². The minimum atomic E-state index is -4.43. The first-order chi connectivity index (χ1) is 11.4. The summed E-state index contributed by atoms with van der Waals surface area (Å²) in [6.07, 6.45) is -0.868. The Hall–Kier alpha value is -2.22. The molecule has 0 amide bonds. The van der Waals surface area contributed by atoms with Crippen molar-refractivity contribution in [2.45, 2.75) is 25.2 Å². The molecule has 0 aliphatic carbocycles. The maximum Gasteiger partial charge on any atom is 0.418 e. The van der Waals surface area contributed by atoms with Crippen LogP contribution in [-0.2, 0) is 12.7 Å². The van der Waals surface area contributed by atoms with Crippen molar-refractivity contribution < 1.29 is 17.6 Å². The number of nitrogens with one attached hydrogen (secondary N) is 1. The molecule has 4 nitrogen and oxygen atoms in total. The highest BCUT2D eigenvalue weighted by Crippen LogP contribution is 2.31. The molecule has 0 bridgehead atoms. The third-order valence-electron chi connectivity index (χ3n) is 3.98. The van der Waals surface area contributed by atoms with Gasteiger partial charge in [0.15, 0.2) is 11.6 Å². The van der Waals surface area contributed by atoms with Crippen molar-refractivity contribution in [3.05, 3.63) is 53.7 Å². The summed E-state index contributed by atoms with van der Waals surface area (Å²) < 4.78 is 52.6. The topological polar surface area (TPSA) is 41.1 Å². The van der Waals surface area contributed by atoms with Crippen LogP contribution in [0.1, 0.15) is 17.7 Å². The molecule has 24 heavy (non-hydrogen) atoms.